The fourth-order valence-corrected chi connectivity index (χ4v) is 1.60. The van der Waals surface area contributed by atoms with Crippen LogP contribution < -0.4 is 10.1 Å². The minimum Gasteiger partial charge on any atom is -0.504 e. The first-order valence-electron chi connectivity index (χ1n) is 6.06. The first kappa shape index (κ1) is 15.8. The molecule has 110 valence electrons. The molecule has 1 aromatic carbocycles. The zero-order chi connectivity index (χ0) is 15.1. The van der Waals surface area contributed by atoms with E-state index in [4.69, 9.17) is 14.9 Å². The highest BCUT2D eigenvalue weighted by molar-refractivity contribution is 5.80. The highest BCUT2D eigenvalue weighted by atomic mass is 16.5. The van der Waals surface area contributed by atoms with Crippen LogP contribution in [0.25, 0.3) is 0 Å². The van der Waals surface area contributed by atoms with Gasteiger partial charge in [-0.15, -0.1) is 0 Å². The van der Waals surface area contributed by atoms with E-state index < -0.39 is 24.4 Å². The highest BCUT2D eigenvalue weighted by Crippen LogP contribution is 2.26. The van der Waals surface area contributed by atoms with Gasteiger partial charge in [-0.3, -0.25) is 14.9 Å². The van der Waals surface area contributed by atoms with E-state index in [2.05, 4.69) is 5.32 Å². The van der Waals surface area contributed by atoms with Crippen molar-refractivity contribution >= 4 is 11.9 Å². The number of benzene rings is 1. The van der Waals surface area contributed by atoms with Gasteiger partial charge < -0.3 is 20.1 Å². The molecule has 0 radical (unpaired) electrons. The van der Waals surface area contributed by atoms with Gasteiger partial charge in [0.1, 0.15) is 6.04 Å². The van der Waals surface area contributed by atoms with Crippen molar-refractivity contribution in [3.63, 3.8) is 0 Å². The Kier molecular flexibility index (Phi) is 5.79. The van der Waals surface area contributed by atoms with Gasteiger partial charge in [0.25, 0.3) is 0 Å². The Balaban J connectivity index is 2.70. The molecule has 0 amide bonds. The molecule has 1 aromatic rings. The second-order valence-electron chi connectivity index (χ2n) is 4.10. The van der Waals surface area contributed by atoms with Crippen LogP contribution in [0.3, 0.4) is 0 Å². The second kappa shape index (κ2) is 7.34. The lowest BCUT2D eigenvalue weighted by Gasteiger charge is -2.13. The van der Waals surface area contributed by atoms with E-state index in [0.717, 1.165) is 0 Å². The third-order valence-electron chi connectivity index (χ3n) is 2.55. The predicted molar refractivity (Wildman–Crippen MR) is 69.8 cm³/mol. The summed E-state index contributed by atoms with van der Waals surface area (Å²) in [5.41, 5.74) is 0.683. The van der Waals surface area contributed by atoms with Gasteiger partial charge in [-0.2, -0.15) is 0 Å². The Morgan fingerprint density at radius 3 is 2.60 bits per heavy atom. The quantitative estimate of drug-likeness (QED) is 0.557. The number of carboxylic acid groups (broad SMARTS) is 2. The summed E-state index contributed by atoms with van der Waals surface area (Å²) in [7, 11) is 0. The van der Waals surface area contributed by atoms with Gasteiger partial charge in [-0.05, 0) is 24.6 Å². The molecule has 0 aliphatic heterocycles. The topological polar surface area (TPSA) is 116 Å². The number of aliphatic carboxylic acids is 2. The average molecular weight is 283 g/mol. The lowest BCUT2D eigenvalue weighted by atomic mass is 10.1. The number of carbonyl (C=O) groups is 2. The summed E-state index contributed by atoms with van der Waals surface area (Å²) in [6.45, 7) is 2.32. The monoisotopic (exact) mass is 283 g/mol. The molecule has 0 bridgehead atoms. The molecule has 0 aromatic heterocycles. The van der Waals surface area contributed by atoms with Gasteiger partial charge in [0.05, 0.1) is 13.0 Å². The van der Waals surface area contributed by atoms with Crippen LogP contribution in [0.2, 0.25) is 0 Å². The van der Waals surface area contributed by atoms with Gasteiger partial charge in [0.2, 0.25) is 0 Å². The number of rotatable bonds is 8. The molecule has 0 spiro atoms. The maximum atomic E-state index is 10.9. The van der Waals surface area contributed by atoms with Gasteiger partial charge in [-0.1, -0.05) is 6.07 Å². The minimum absolute atomic E-state index is 0.00378. The van der Waals surface area contributed by atoms with E-state index in [9.17, 15) is 14.7 Å². The normalized spacial score (nSPS) is 11.8. The molecule has 1 rings (SSSR count). The first-order valence-corrected chi connectivity index (χ1v) is 6.06. The molecule has 7 heteroatoms. The maximum absolute atomic E-state index is 10.9. The zero-order valence-corrected chi connectivity index (χ0v) is 11.0. The molecule has 0 aliphatic rings. The van der Waals surface area contributed by atoms with Crippen LogP contribution >= 0.6 is 0 Å². The molecule has 1 atom stereocenters. The van der Waals surface area contributed by atoms with Crippen molar-refractivity contribution in [1.82, 2.24) is 5.32 Å². The SMILES string of the molecule is CCOc1cc(CNC(CC(=O)O)C(=O)O)ccc1O. The van der Waals surface area contributed by atoms with Crippen LogP contribution in [0.15, 0.2) is 18.2 Å². The molecule has 0 fully saturated rings. The number of phenolic OH excluding ortho intramolecular Hbond substituents is 1. The Bertz CT molecular complexity index is 488. The molecule has 0 saturated heterocycles. The molecule has 0 aliphatic carbocycles. The maximum Gasteiger partial charge on any atom is 0.321 e. The van der Waals surface area contributed by atoms with Crippen molar-refractivity contribution in [3.8, 4) is 11.5 Å². The van der Waals surface area contributed by atoms with Crippen molar-refractivity contribution < 1.29 is 29.6 Å². The molecule has 20 heavy (non-hydrogen) atoms. The van der Waals surface area contributed by atoms with Crippen molar-refractivity contribution in [2.75, 3.05) is 6.61 Å². The van der Waals surface area contributed by atoms with Gasteiger partial charge in [0, 0.05) is 6.54 Å². The molecule has 0 saturated carbocycles. The second-order valence-corrected chi connectivity index (χ2v) is 4.10. The number of carboxylic acids is 2. The van der Waals surface area contributed by atoms with Crippen molar-refractivity contribution in [2.45, 2.75) is 25.9 Å². The lowest BCUT2D eigenvalue weighted by molar-refractivity contribution is -0.146. The van der Waals surface area contributed by atoms with Crippen LogP contribution in [0.5, 0.6) is 11.5 Å². The standard InChI is InChI=1S/C13H17NO6/c1-2-20-11-5-8(3-4-10(11)15)7-14-9(13(18)19)6-12(16)17/h3-5,9,14-15H,2,6-7H2,1H3,(H,16,17)(H,18,19). The minimum atomic E-state index is -1.23. The van der Waals surface area contributed by atoms with Gasteiger partial charge in [0.15, 0.2) is 11.5 Å². The van der Waals surface area contributed by atoms with E-state index >= 15 is 0 Å². The van der Waals surface area contributed by atoms with E-state index in [1.165, 1.54) is 6.07 Å². The molecule has 7 nitrogen and oxygen atoms in total. The van der Waals surface area contributed by atoms with Crippen LogP contribution in [0.4, 0.5) is 0 Å². The zero-order valence-electron chi connectivity index (χ0n) is 11.0. The van der Waals surface area contributed by atoms with E-state index in [1.807, 2.05) is 0 Å². The van der Waals surface area contributed by atoms with Crippen molar-refractivity contribution in [2.24, 2.45) is 0 Å². The Morgan fingerprint density at radius 1 is 1.35 bits per heavy atom. The van der Waals surface area contributed by atoms with Crippen molar-refractivity contribution in [3.05, 3.63) is 23.8 Å². The van der Waals surface area contributed by atoms with Crippen LogP contribution in [0.1, 0.15) is 18.9 Å². The smallest absolute Gasteiger partial charge is 0.321 e. The highest BCUT2D eigenvalue weighted by Gasteiger charge is 2.20. The van der Waals surface area contributed by atoms with Gasteiger partial charge in [-0.25, -0.2) is 0 Å². The van der Waals surface area contributed by atoms with Crippen molar-refractivity contribution in [1.29, 1.82) is 0 Å². The molecule has 0 heterocycles. The summed E-state index contributed by atoms with van der Waals surface area (Å²) in [6.07, 6.45) is -0.508. The summed E-state index contributed by atoms with van der Waals surface area (Å²) in [4.78, 5) is 21.4. The summed E-state index contributed by atoms with van der Waals surface area (Å²) in [5.74, 6) is -2.12. The average Bonchev–Trinajstić information content (AvgIpc) is 2.37. The summed E-state index contributed by atoms with van der Waals surface area (Å²) >= 11 is 0. The van der Waals surface area contributed by atoms with E-state index in [0.29, 0.717) is 17.9 Å². The third kappa shape index (κ3) is 4.77. The summed E-state index contributed by atoms with van der Waals surface area (Å²) < 4.78 is 5.21. The largest absolute Gasteiger partial charge is 0.504 e. The summed E-state index contributed by atoms with van der Waals surface area (Å²) in [6, 6.07) is 3.45. The Hall–Kier alpha value is -2.28. The summed E-state index contributed by atoms with van der Waals surface area (Å²) in [5, 5.41) is 29.7. The lowest BCUT2D eigenvalue weighted by Crippen LogP contribution is -2.38. The van der Waals surface area contributed by atoms with E-state index in [-0.39, 0.29) is 12.3 Å². The van der Waals surface area contributed by atoms with Crippen LogP contribution in [-0.2, 0) is 16.1 Å². The Morgan fingerprint density at radius 2 is 2.05 bits per heavy atom. The number of nitrogens with one attached hydrogen (secondary N) is 1. The Labute approximate surface area is 115 Å². The number of aromatic hydroxyl groups is 1. The number of hydrogen-bond acceptors (Lipinski definition) is 5. The van der Waals surface area contributed by atoms with E-state index in [1.54, 1.807) is 19.1 Å². The molecule has 1 unspecified atom stereocenters. The number of phenols is 1. The molecule has 4 N–H and O–H groups in total. The molecular formula is C13H17NO6. The van der Waals surface area contributed by atoms with Crippen LogP contribution in [0, 0.1) is 0 Å². The number of hydrogen-bond donors (Lipinski definition) is 4. The first-order chi connectivity index (χ1) is 9.43. The predicted octanol–water partition coefficient (Wildman–Crippen LogP) is 0.808. The fourth-order valence-electron chi connectivity index (χ4n) is 1.60. The number of ether oxygens (including phenoxy) is 1. The van der Waals surface area contributed by atoms with Crippen LogP contribution in [-0.4, -0.2) is 39.9 Å². The van der Waals surface area contributed by atoms with Gasteiger partial charge >= 0.3 is 11.9 Å². The fraction of sp³-hybridized carbons (Fsp3) is 0.385. The molecular weight excluding hydrogens is 266 g/mol. The third-order valence-corrected chi connectivity index (χ3v) is 2.55.